The number of ketones is 1. The number of rotatable bonds is 11. The molecule has 1 aliphatic rings. The van der Waals surface area contributed by atoms with E-state index in [4.69, 9.17) is 8.92 Å². The smallest absolute Gasteiger partial charge is 0.344 e. The van der Waals surface area contributed by atoms with Gasteiger partial charge in [0.05, 0.1) is 36.7 Å². The van der Waals surface area contributed by atoms with Crippen molar-refractivity contribution >= 4 is 97.2 Å². The molecule has 0 radical (unpaired) electrons. The minimum Gasteiger partial charge on any atom is -0.469 e. The number of H-pyrrole nitrogens is 1. The topological polar surface area (TPSA) is 192 Å². The van der Waals surface area contributed by atoms with Gasteiger partial charge in [0.15, 0.2) is 5.78 Å². The van der Waals surface area contributed by atoms with Crippen molar-refractivity contribution < 1.29 is 44.9 Å². The fourth-order valence-corrected chi connectivity index (χ4v) is 7.13. The van der Waals surface area contributed by atoms with Gasteiger partial charge in [0.25, 0.3) is 15.7 Å². The molecule has 1 aliphatic carbocycles. The molecule has 0 amide bonds. The van der Waals surface area contributed by atoms with Crippen molar-refractivity contribution in [2.24, 2.45) is 0 Å². The van der Waals surface area contributed by atoms with Gasteiger partial charge in [-0.2, -0.15) is 8.42 Å². The number of benzene rings is 4. The van der Waals surface area contributed by atoms with Gasteiger partial charge in [-0.15, -0.1) is 0 Å². The van der Waals surface area contributed by atoms with Crippen LogP contribution in [0.15, 0.2) is 101 Å². The molecule has 0 spiro atoms. The van der Waals surface area contributed by atoms with Crippen molar-refractivity contribution in [2.75, 3.05) is 31.5 Å². The average molecular weight is 1060 g/mol. The van der Waals surface area contributed by atoms with E-state index in [-0.39, 0.29) is 68.5 Å². The lowest BCUT2D eigenvalue weighted by atomic mass is 9.81. The van der Waals surface area contributed by atoms with Crippen LogP contribution in [-0.4, -0.2) is 65.8 Å². The van der Waals surface area contributed by atoms with E-state index >= 15 is 0 Å². The van der Waals surface area contributed by atoms with Gasteiger partial charge in [-0.3, -0.25) is 18.6 Å². The molecule has 0 saturated carbocycles. The van der Waals surface area contributed by atoms with E-state index in [2.05, 4.69) is 52.3 Å². The summed E-state index contributed by atoms with van der Waals surface area (Å²) < 4.78 is 62.0. The third kappa shape index (κ3) is 12.9. The van der Waals surface area contributed by atoms with Gasteiger partial charge in [0.1, 0.15) is 26.9 Å². The summed E-state index contributed by atoms with van der Waals surface area (Å²) >= 11 is 4.24. The van der Waals surface area contributed by atoms with Crippen molar-refractivity contribution in [3.8, 4) is 11.1 Å². The number of hydrogen-bond donors (Lipinski definition) is 2. The molecule has 0 saturated heterocycles. The van der Waals surface area contributed by atoms with Gasteiger partial charge in [-0.05, 0) is 35.7 Å². The minimum atomic E-state index is -4.39. The monoisotopic (exact) mass is 1060 g/mol. The zero-order chi connectivity index (χ0) is 43.6. The number of anilines is 2. The van der Waals surface area contributed by atoms with Gasteiger partial charge in [-0.25, -0.2) is 13.2 Å². The number of aromatic nitrogens is 1. The normalized spacial score (nSPS) is 11.0. The highest BCUT2D eigenvalue weighted by molar-refractivity contribution is 15.0. The van der Waals surface area contributed by atoms with Crippen LogP contribution < -0.4 is 10.9 Å². The number of methoxy groups -OCH3 is 1. The van der Waals surface area contributed by atoms with Gasteiger partial charge < -0.3 is 19.8 Å². The standard InChI is InChI=1S/C31H22N2O7S.C6H12O4S.2C2H6.I2/c1-39-41(37,38)23-16-22(32-19-12-6-3-7-13-19)25-26-24(20-14-8-9-15-21(20)29(25)34)27(30(35)33-28(23)26)31(36)40-17-18-10-4-2-5-11-18;1-10-6(7)4-3-5-11(2,8)9;3*1-2/h2-16,32H,17H2,1H3,(H,33,35);3-5H2,1-2H3;2*1-2H3;. The lowest BCUT2D eigenvalue weighted by molar-refractivity contribution is -0.140. The Bertz CT molecular complexity index is 2460. The number of ether oxygens (including phenoxy) is 2. The average Bonchev–Trinajstić information content (AvgIpc) is 3.24. The number of esters is 2. The molecule has 0 bridgehead atoms. The van der Waals surface area contributed by atoms with E-state index < -0.39 is 37.3 Å². The Morgan fingerprint density at radius 2 is 1.33 bits per heavy atom. The van der Waals surface area contributed by atoms with E-state index in [0.29, 0.717) is 23.2 Å². The number of carbonyl (C=O) groups is 3. The number of carbonyl (C=O) groups excluding carboxylic acids is 3. The number of sulfone groups is 1. The Kier molecular flexibility index (Phi) is 20.7. The van der Waals surface area contributed by atoms with Crippen LogP contribution in [0.1, 0.15) is 72.4 Å². The Morgan fingerprint density at radius 1 is 0.776 bits per heavy atom. The molecule has 2 N–H and O–H groups in total. The van der Waals surface area contributed by atoms with E-state index in [0.717, 1.165) is 13.4 Å². The summed E-state index contributed by atoms with van der Waals surface area (Å²) in [7, 11) is -5.04. The molecule has 0 aliphatic heterocycles. The van der Waals surface area contributed by atoms with Crippen molar-refractivity contribution in [3.63, 3.8) is 0 Å². The number of hydrogen-bond acceptors (Lipinski definition) is 12. The van der Waals surface area contributed by atoms with Gasteiger partial charge in [-0.1, -0.05) is 100 Å². The number of halogens is 2. The van der Waals surface area contributed by atoms with Crippen LogP contribution in [-0.2, 0) is 45.0 Å². The van der Waals surface area contributed by atoms with E-state index in [1.54, 1.807) is 72.8 Å². The fourth-order valence-electron chi connectivity index (χ4n) is 5.62. The first-order valence-corrected chi connectivity index (χ1v) is 27.6. The zero-order valence-corrected chi connectivity index (χ0v) is 39.0. The molecule has 312 valence electrons. The van der Waals surface area contributed by atoms with Gasteiger partial charge in [0.2, 0.25) is 0 Å². The molecule has 1 aromatic heterocycles. The highest BCUT2D eigenvalue weighted by Gasteiger charge is 2.36. The second-order valence-electron chi connectivity index (χ2n) is 11.6. The number of aromatic amines is 1. The Hall–Kier alpha value is -4.18. The van der Waals surface area contributed by atoms with Crippen LogP contribution in [0, 0.1) is 0 Å². The largest absolute Gasteiger partial charge is 0.469 e. The number of para-hydroxylation sites is 1. The molecule has 0 fully saturated rings. The molecular formula is C41H46I2N2O11S2. The minimum absolute atomic E-state index is 0.0437. The highest BCUT2D eigenvalue weighted by Crippen LogP contribution is 2.45. The predicted octanol–water partition coefficient (Wildman–Crippen LogP) is 8.98. The number of pyridine rings is 1. The van der Waals surface area contributed by atoms with Gasteiger partial charge in [0, 0.05) is 72.1 Å². The third-order valence-corrected chi connectivity index (χ3v) is 10.3. The molecule has 0 atom stereocenters. The molecule has 58 heavy (non-hydrogen) atoms. The van der Waals surface area contributed by atoms with Crippen LogP contribution in [0.3, 0.4) is 0 Å². The summed E-state index contributed by atoms with van der Waals surface area (Å²) in [4.78, 5) is 53.7. The Morgan fingerprint density at radius 3 is 1.88 bits per heavy atom. The third-order valence-electron chi connectivity index (χ3n) is 8.01. The summed E-state index contributed by atoms with van der Waals surface area (Å²) in [5.41, 5.74) is 0.878. The van der Waals surface area contributed by atoms with Crippen LogP contribution in [0.2, 0.25) is 0 Å². The van der Waals surface area contributed by atoms with Crippen molar-refractivity contribution in [1.29, 1.82) is 0 Å². The van der Waals surface area contributed by atoms with Crippen molar-refractivity contribution in [1.82, 2.24) is 4.98 Å². The fraction of sp³-hybridized carbons (Fsp3) is 0.268. The maximum atomic E-state index is 14.0. The first-order valence-electron chi connectivity index (χ1n) is 17.9. The quantitative estimate of drug-likeness (QED) is 0.0712. The summed E-state index contributed by atoms with van der Waals surface area (Å²) in [5, 5.41) is 3.23. The summed E-state index contributed by atoms with van der Waals surface area (Å²) in [6.45, 7) is 7.91. The Balaban J connectivity index is 0.000000585. The zero-order valence-electron chi connectivity index (χ0n) is 33.1. The molecular weight excluding hydrogens is 1010 g/mol. The first kappa shape index (κ1) is 50.0. The lowest BCUT2D eigenvalue weighted by Gasteiger charge is -2.25. The molecule has 4 aromatic carbocycles. The molecule has 5 aromatic rings. The van der Waals surface area contributed by atoms with Gasteiger partial charge >= 0.3 is 11.9 Å². The van der Waals surface area contributed by atoms with Crippen LogP contribution >= 0.6 is 37.2 Å². The van der Waals surface area contributed by atoms with Crippen LogP contribution in [0.5, 0.6) is 0 Å². The van der Waals surface area contributed by atoms with E-state index in [1.807, 2.05) is 39.8 Å². The molecule has 0 unspecified atom stereocenters. The summed E-state index contributed by atoms with van der Waals surface area (Å²) in [6.07, 6.45) is 1.65. The van der Waals surface area contributed by atoms with Crippen LogP contribution in [0.25, 0.3) is 22.0 Å². The van der Waals surface area contributed by atoms with E-state index in [1.165, 1.54) is 13.2 Å². The molecule has 17 heteroatoms. The van der Waals surface area contributed by atoms with Crippen molar-refractivity contribution in [3.05, 3.63) is 124 Å². The number of fused-ring (bicyclic) bond motifs is 2. The summed E-state index contributed by atoms with van der Waals surface area (Å²) in [6, 6.07) is 25.6. The SMILES string of the molecule is CC.CC.COC(=O)CCCS(C)(=O)=O.COS(=O)(=O)c1cc(Nc2ccccc2)c2c3c(c(C(=O)OCc4ccccc4)c(=O)[nH]c13)-c1ccccc1C2=O.II. The molecule has 13 nitrogen and oxygen atoms in total. The van der Waals surface area contributed by atoms with Crippen molar-refractivity contribution in [2.45, 2.75) is 52.0 Å². The van der Waals surface area contributed by atoms with Crippen LogP contribution in [0.4, 0.5) is 11.4 Å². The second kappa shape index (κ2) is 24.0. The second-order valence-corrected chi connectivity index (χ2v) is 15.6. The van der Waals surface area contributed by atoms with E-state index in [9.17, 15) is 36.0 Å². The highest BCUT2D eigenvalue weighted by atomic mass is 128. The number of nitrogens with one attached hydrogen (secondary N) is 2. The maximum absolute atomic E-state index is 14.0. The molecule has 6 rings (SSSR count). The Labute approximate surface area is 362 Å². The summed E-state index contributed by atoms with van der Waals surface area (Å²) in [5.74, 6) is -1.65. The molecule has 1 heterocycles. The predicted molar refractivity (Wildman–Crippen MR) is 245 cm³/mol. The lowest BCUT2D eigenvalue weighted by Crippen LogP contribution is -2.26. The first-order chi connectivity index (χ1) is 27.8. The maximum Gasteiger partial charge on any atom is 0.344 e.